The van der Waals surface area contributed by atoms with Gasteiger partial charge in [-0.25, -0.2) is 0 Å². The van der Waals surface area contributed by atoms with Crippen molar-refractivity contribution in [1.29, 1.82) is 5.26 Å². The molecule has 1 aromatic carbocycles. The van der Waals surface area contributed by atoms with Crippen LogP contribution in [0.3, 0.4) is 0 Å². The molecule has 28 heavy (non-hydrogen) atoms. The highest BCUT2D eigenvalue weighted by atomic mass is 19.4. The monoisotopic (exact) mass is 388 g/mol. The van der Waals surface area contributed by atoms with Crippen LogP contribution in [-0.2, 0) is 6.18 Å². The Balaban J connectivity index is 1.75. The van der Waals surface area contributed by atoms with E-state index in [1.165, 1.54) is 6.07 Å². The van der Waals surface area contributed by atoms with Crippen LogP contribution >= 0.6 is 0 Å². The van der Waals surface area contributed by atoms with Gasteiger partial charge < -0.3 is 10.2 Å². The molecule has 1 aliphatic rings. The normalized spacial score (nSPS) is 16.7. The number of rotatable bonds is 4. The van der Waals surface area contributed by atoms with Crippen molar-refractivity contribution in [2.75, 3.05) is 24.5 Å². The molecule has 0 bridgehead atoms. The molecule has 0 radical (unpaired) electrons. The van der Waals surface area contributed by atoms with E-state index >= 15 is 0 Å². The molecule has 1 atom stereocenters. The molecule has 1 fully saturated rings. The Bertz CT molecular complexity index is 903. The molecule has 5 nitrogen and oxygen atoms in total. The van der Waals surface area contributed by atoms with E-state index in [0.717, 1.165) is 18.1 Å². The van der Waals surface area contributed by atoms with Crippen LogP contribution in [0.4, 0.5) is 18.9 Å². The topological polar surface area (TPSA) is 69.0 Å². The molecular formula is C20H19F3N4O. The fraction of sp³-hybridized carbons (Fsp3) is 0.350. The third-order valence-corrected chi connectivity index (χ3v) is 4.81. The summed E-state index contributed by atoms with van der Waals surface area (Å²) in [5, 5.41) is 11.6. The first kappa shape index (κ1) is 19.7. The van der Waals surface area contributed by atoms with E-state index in [1.807, 2.05) is 17.9 Å². The molecule has 0 aliphatic carbocycles. The minimum absolute atomic E-state index is 0.112. The van der Waals surface area contributed by atoms with Crippen LogP contribution < -0.4 is 10.2 Å². The largest absolute Gasteiger partial charge is 0.417 e. The van der Waals surface area contributed by atoms with Crippen LogP contribution in [0, 0.1) is 11.3 Å². The third kappa shape index (κ3) is 4.09. The standard InChI is InChI=1S/C20H19F3N4O/c1-2-25-19(28)18-6-4-14(11-26-18)15-7-8-27(12-15)16-5-3-13(10-24)17(9-16)20(21,22)23/h3-6,9,11,15H,2,7-8,12H2,1H3,(H,25,28). The molecule has 1 unspecified atom stereocenters. The maximum atomic E-state index is 13.2. The number of hydrogen-bond acceptors (Lipinski definition) is 4. The minimum atomic E-state index is -4.57. The zero-order valence-corrected chi connectivity index (χ0v) is 15.3. The number of amides is 1. The molecule has 0 saturated carbocycles. The predicted molar refractivity (Wildman–Crippen MR) is 98.0 cm³/mol. The number of anilines is 1. The number of pyridine rings is 1. The molecule has 8 heteroatoms. The van der Waals surface area contributed by atoms with E-state index in [2.05, 4.69) is 10.3 Å². The van der Waals surface area contributed by atoms with Crippen molar-refractivity contribution in [2.24, 2.45) is 0 Å². The Kier molecular flexibility index (Phi) is 5.54. The van der Waals surface area contributed by atoms with Crippen molar-refractivity contribution in [1.82, 2.24) is 10.3 Å². The highest BCUT2D eigenvalue weighted by Crippen LogP contribution is 2.36. The molecule has 146 valence electrons. The van der Waals surface area contributed by atoms with Gasteiger partial charge in [0.25, 0.3) is 5.91 Å². The molecule has 2 heterocycles. The third-order valence-electron chi connectivity index (χ3n) is 4.81. The van der Waals surface area contributed by atoms with Gasteiger partial charge in [0.2, 0.25) is 0 Å². The number of nitrogens with one attached hydrogen (secondary N) is 1. The van der Waals surface area contributed by atoms with Crippen molar-refractivity contribution in [2.45, 2.75) is 25.4 Å². The average Bonchev–Trinajstić information content (AvgIpc) is 3.17. The Hall–Kier alpha value is -3.08. The number of carbonyl (C=O) groups is 1. The van der Waals surface area contributed by atoms with Crippen LogP contribution in [0.25, 0.3) is 0 Å². The van der Waals surface area contributed by atoms with E-state index in [9.17, 15) is 18.0 Å². The van der Waals surface area contributed by atoms with Gasteiger partial charge in [0.1, 0.15) is 5.69 Å². The summed E-state index contributed by atoms with van der Waals surface area (Å²) in [6.07, 6.45) is -2.15. The van der Waals surface area contributed by atoms with Crippen LogP contribution in [0.1, 0.15) is 46.4 Å². The lowest BCUT2D eigenvalue weighted by molar-refractivity contribution is -0.137. The molecule has 2 aromatic rings. The second-order valence-electron chi connectivity index (χ2n) is 6.61. The molecule has 1 N–H and O–H groups in total. The number of benzene rings is 1. The number of hydrogen-bond donors (Lipinski definition) is 1. The molecule has 1 aromatic heterocycles. The zero-order chi connectivity index (χ0) is 20.3. The summed E-state index contributed by atoms with van der Waals surface area (Å²) in [4.78, 5) is 17.8. The second kappa shape index (κ2) is 7.89. The lowest BCUT2D eigenvalue weighted by atomic mass is 10.00. The van der Waals surface area contributed by atoms with Gasteiger partial charge in [0.05, 0.1) is 17.2 Å². The molecule has 1 saturated heterocycles. The van der Waals surface area contributed by atoms with Crippen LogP contribution in [-0.4, -0.2) is 30.5 Å². The van der Waals surface area contributed by atoms with Crippen molar-refractivity contribution in [3.8, 4) is 6.07 Å². The Labute approximate surface area is 160 Å². The Morgan fingerprint density at radius 3 is 2.75 bits per heavy atom. The van der Waals surface area contributed by atoms with Crippen LogP contribution in [0.5, 0.6) is 0 Å². The summed E-state index contributed by atoms with van der Waals surface area (Å²) >= 11 is 0. The smallest absolute Gasteiger partial charge is 0.371 e. The van der Waals surface area contributed by atoms with Gasteiger partial charge in [-0.15, -0.1) is 0 Å². The van der Waals surface area contributed by atoms with E-state index in [4.69, 9.17) is 5.26 Å². The van der Waals surface area contributed by atoms with Gasteiger partial charge in [-0.3, -0.25) is 9.78 Å². The van der Waals surface area contributed by atoms with Crippen molar-refractivity contribution in [3.05, 3.63) is 58.9 Å². The maximum Gasteiger partial charge on any atom is 0.417 e. The van der Waals surface area contributed by atoms with E-state index in [1.54, 1.807) is 24.4 Å². The number of nitriles is 1. The SMILES string of the molecule is CCNC(=O)c1ccc(C2CCN(c3ccc(C#N)c(C(F)(F)F)c3)C2)cn1. The summed E-state index contributed by atoms with van der Waals surface area (Å²) < 4.78 is 39.6. The first-order valence-corrected chi connectivity index (χ1v) is 8.94. The quantitative estimate of drug-likeness (QED) is 0.867. The Morgan fingerprint density at radius 2 is 2.14 bits per heavy atom. The molecule has 1 aliphatic heterocycles. The van der Waals surface area contributed by atoms with E-state index in [-0.39, 0.29) is 17.4 Å². The first-order valence-electron chi connectivity index (χ1n) is 8.94. The fourth-order valence-corrected chi connectivity index (χ4v) is 3.36. The summed E-state index contributed by atoms with van der Waals surface area (Å²) in [6, 6.07) is 8.90. The van der Waals surface area contributed by atoms with Crippen molar-refractivity contribution in [3.63, 3.8) is 0 Å². The zero-order valence-electron chi connectivity index (χ0n) is 15.3. The van der Waals surface area contributed by atoms with Gasteiger partial charge in [0.15, 0.2) is 0 Å². The summed E-state index contributed by atoms with van der Waals surface area (Å²) in [7, 11) is 0. The summed E-state index contributed by atoms with van der Waals surface area (Å²) in [5.74, 6) is -0.125. The molecular weight excluding hydrogens is 369 g/mol. The highest BCUT2D eigenvalue weighted by Gasteiger charge is 2.35. The van der Waals surface area contributed by atoms with Gasteiger partial charge in [-0.05, 0) is 43.2 Å². The number of nitrogens with zero attached hydrogens (tertiary/aromatic N) is 3. The minimum Gasteiger partial charge on any atom is -0.371 e. The van der Waals surface area contributed by atoms with Crippen LogP contribution in [0.2, 0.25) is 0 Å². The first-order chi connectivity index (χ1) is 13.3. The molecule has 0 spiro atoms. The molecule has 3 rings (SSSR count). The van der Waals surface area contributed by atoms with Crippen LogP contribution in [0.15, 0.2) is 36.5 Å². The maximum absolute atomic E-state index is 13.2. The fourth-order valence-electron chi connectivity index (χ4n) is 3.36. The summed E-state index contributed by atoms with van der Waals surface area (Å²) in [5.41, 5.74) is 0.435. The van der Waals surface area contributed by atoms with Crippen molar-refractivity contribution < 1.29 is 18.0 Å². The lowest BCUT2D eigenvalue weighted by Gasteiger charge is -2.21. The van der Waals surface area contributed by atoms with Gasteiger partial charge >= 0.3 is 6.18 Å². The van der Waals surface area contributed by atoms with Gasteiger partial charge in [-0.1, -0.05) is 6.07 Å². The second-order valence-corrected chi connectivity index (χ2v) is 6.61. The number of carbonyl (C=O) groups excluding carboxylic acids is 1. The predicted octanol–water partition coefficient (Wildman–Crippen LogP) is 3.72. The van der Waals surface area contributed by atoms with Gasteiger partial charge in [-0.2, -0.15) is 18.4 Å². The highest BCUT2D eigenvalue weighted by molar-refractivity contribution is 5.92. The number of aromatic nitrogens is 1. The average molecular weight is 388 g/mol. The molecule has 1 amide bonds. The number of halogens is 3. The Morgan fingerprint density at radius 1 is 1.36 bits per heavy atom. The summed E-state index contributed by atoms with van der Waals surface area (Å²) in [6.45, 7) is 3.49. The van der Waals surface area contributed by atoms with E-state index < -0.39 is 11.7 Å². The van der Waals surface area contributed by atoms with Crippen molar-refractivity contribution >= 4 is 11.6 Å². The number of alkyl halides is 3. The van der Waals surface area contributed by atoms with E-state index in [0.29, 0.717) is 31.0 Å². The van der Waals surface area contributed by atoms with Gasteiger partial charge in [0, 0.05) is 37.4 Å². The lowest BCUT2D eigenvalue weighted by Crippen LogP contribution is -2.23.